The van der Waals surface area contributed by atoms with Crippen LogP contribution in [0.3, 0.4) is 0 Å². The van der Waals surface area contributed by atoms with Crippen molar-refractivity contribution in [2.24, 2.45) is 5.73 Å². The molecule has 20 heavy (non-hydrogen) atoms. The van der Waals surface area contributed by atoms with Crippen LogP contribution < -0.4 is 10.0 Å². The largest absolute Gasteiger partial charge is 0.390 e. The van der Waals surface area contributed by atoms with Crippen LogP contribution in [0.1, 0.15) is 24.5 Å². The molecule has 4 N–H and O–H groups in total. The second kappa shape index (κ2) is 6.09. The molecular formula is C13H20N2O4S. The molecule has 0 amide bonds. The van der Waals surface area contributed by atoms with Crippen molar-refractivity contribution in [1.29, 1.82) is 0 Å². The van der Waals surface area contributed by atoms with E-state index in [9.17, 15) is 18.6 Å². The normalized spacial score (nSPS) is 20.9. The molecule has 2 atom stereocenters. The summed E-state index contributed by atoms with van der Waals surface area (Å²) in [4.78, 5) is 0. The maximum absolute atomic E-state index is 11.9. The molecule has 6 nitrogen and oxygen atoms in total. The van der Waals surface area contributed by atoms with E-state index in [1.807, 2.05) is 0 Å². The Labute approximate surface area is 118 Å². The monoisotopic (exact) mass is 300 g/mol. The summed E-state index contributed by atoms with van der Waals surface area (Å²) in [5, 5.41) is 19.8. The zero-order valence-corrected chi connectivity index (χ0v) is 12.0. The first kappa shape index (κ1) is 15.2. The average Bonchev–Trinajstić information content (AvgIpc) is 2.78. The fourth-order valence-electron chi connectivity index (χ4n) is 2.34. The summed E-state index contributed by atoms with van der Waals surface area (Å²) >= 11 is 0. The van der Waals surface area contributed by atoms with Crippen LogP contribution in [-0.4, -0.2) is 43.6 Å². The van der Waals surface area contributed by atoms with Crippen molar-refractivity contribution >= 4 is 15.7 Å². The summed E-state index contributed by atoms with van der Waals surface area (Å²) in [6.45, 7) is 0.728. The van der Waals surface area contributed by atoms with Crippen molar-refractivity contribution in [2.75, 3.05) is 23.1 Å². The van der Waals surface area contributed by atoms with Crippen molar-refractivity contribution in [2.45, 2.75) is 25.0 Å². The molecule has 1 aliphatic rings. The van der Waals surface area contributed by atoms with E-state index < -0.39 is 22.2 Å². The number of hydrogen-bond donors (Lipinski definition) is 3. The zero-order chi connectivity index (χ0) is 14.8. The molecule has 1 aromatic carbocycles. The van der Waals surface area contributed by atoms with Crippen LogP contribution in [0, 0.1) is 0 Å². The lowest BCUT2D eigenvalue weighted by molar-refractivity contribution is 0.0150. The van der Waals surface area contributed by atoms with Gasteiger partial charge in [0, 0.05) is 6.54 Å². The Morgan fingerprint density at radius 3 is 2.70 bits per heavy atom. The van der Waals surface area contributed by atoms with Gasteiger partial charge in [-0.25, -0.2) is 8.42 Å². The lowest BCUT2D eigenvalue weighted by Gasteiger charge is -2.21. The van der Waals surface area contributed by atoms with Gasteiger partial charge in [0.25, 0.3) is 0 Å². The Kier molecular flexibility index (Phi) is 4.64. The van der Waals surface area contributed by atoms with E-state index in [4.69, 9.17) is 5.73 Å². The fourth-order valence-corrected chi connectivity index (χ4v) is 3.90. The van der Waals surface area contributed by atoms with Crippen LogP contribution in [0.25, 0.3) is 0 Å². The van der Waals surface area contributed by atoms with Crippen LogP contribution in [0.2, 0.25) is 0 Å². The van der Waals surface area contributed by atoms with Crippen molar-refractivity contribution < 1.29 is 18.6 Å². The van der Waals surface area contributed by atoms with Crippen LogP contribution >= 0.6 is 0 Å². The Bertz CT molecular complexity index is 561. The number of nitrogens with two attached hydrogens (primary N) is 1. The van der Waals surface area contributed by atoms with Gasteiger partial charge in [0.1, 0.15) is 6.10 Å². The predicted molar refractivity (Wildman–Crippen MR) is 76.8 cm³/mol. The second-order valence-corrected chi connectivity index (χ2v) is 6.94. The molecule has 1 fully saturated rings. The summed E-state index contributed by atoms with van der Waals surface area (Å²) < 4.78 is 25.1. The van der Waals surface area contributed by atoms with E-state index in [2.05, 4.69) is 0 Å². The van der Waals surface area contributed by atoms with Gasteiger partial charge in [-0.05, 0) is 37.1 Å². The quantitative estimate of drug-likeness (QED) is 0.708. The average molecular weight is 300 g/mol. The molecule has 1 aliphatic heterocycles. The molecule has 1 aromatic rings. The standard InChI is InChI=1S/C13H20N2O4S/c14-6-5-12(16)13(17)10-3-1-4-11(9-10)15-7-2-8-20(15,18)19/h1,3-4,9,12-13,16-17H,2,5-8,14H2. The maximum Gasteiger partial charge on any atom is 0.235 e. The van der Waals surface area contributed by atoms with Crippen LogP contribution in [0.5, 0.6) is 0 Å². The van der Waals surface area contributed by atoms with Gasteiger partial charge in [-0.15, -0.1) is 0 Å². The number of rotatable bonds is 5. The van der Waals surface area contributed by atoms with Crippen molar-refractivity contribution in [3.8, 4) is 0 Å². The molecule has 7 heteroatoms. The first-order valence-electron chi connectivity index (χ1n) is 6.62. The summed E-state index contributed by atoms with van der Waals surface area (Å²) in [6, 6.07) is 6.63. The number of aliphatic hydroxyl groups excluding tert-OH is 2. The van der Waals surface area contributed by atoms with Crippen LogP contribution in [-0.2, 0) is 10.0 Å². The van der Waals surface area contributed by atoms with Gasteiger partial charge < -0.3 is 15.9 Å². The molecule has 0 aliphatic carbocycles. The third-order valence-corrected chi connectivity index (χ3v) is 5.30. The van der Waals surface area contributed by atoms with Crippen LogP contribution in [0.15, 0.2) is 24.3 Å². The minimum atomic E-state index is -3.24. The molecule has 0 aromatic heterocycles. The number of aliphatic hydroxyl groups is 2. The van der Waals surface area contributed by atoms with Crippen molar-refractivity contribution in [3.63, 3.8) is 0 Å². The van der Waals surface area contributed by atoms with Crippen molar-refractivity contribution in [1.82, 2.24) is 0 Å². The number of sulfonamides is 1. The van der Waals surface area contributed by atoms with Gasteiger partial charge >= 0.3 is 0 Å². The Hall–Kier alpha value is -1.15. The molecule has 1 heterocycles. The second-order valence-electron chi connectivity index (χ2n) is 4.93. The van der Waals surface area contributed by atoms with Gasteiger partial charge in [-0.1, -0.05) is 12.1 Å². The minimum Gasteiger partial charge on any atom is -0.390 e. The number of benzene rings is 1. The van der Waals surface area contributed by atoms with E-state index >= 15 is 0 Å². The molecule has 0 radical (unpaired) electrons. The maximum atomic E-state index is 11.9. The third-order valence-electron chi connectivity index (χ3n) is 3.43. The molecule has 2 unspecified atom stereocenters. The zero-order valence-electron chi connectivity index (χ0n) is 11.1. The van der Waals surface area contributed by atoms with Crippen LogP contribution in [0.4, 0.5) is 5.69 Å². The van der Waals surface area contributed by atoms with E-state index in [0.717, 1.165) is 0 Å². The smallest absolute Gasteiger partial charge is 0.235 e. The SMILES string of the molecule is NCCC(O)C(O)c1cccc(N2CCCS2(=O)=O)c1. The summed E-state index contributed by atoms with van der Waals surface area (Å²) in [7, 11) is -3.24. The van der Waals surface area contributed by atoms with E-state index in [1.54, 1.807) is 24.3 Å². The first-order chi connectivity index (χ1) is 9.45. The minimum absolute atomic E-state index is 0.148. The van der Waals surface area contributed by atoms with Gasteiger partial charge in [-0.2, -0.15) is 0 Å². The highest BCUT2D eigenvalue weighted by Gasteiger charge is 2.29. The molecule has 112 valence electrons. The number of hydrogen-bond acceptors (Lipinski definition) is 5. The number of anilines is 1. The van der Waals surface area contributed by atoms with Gasteiger partial charge in [0.2, 0.25) is 10.0 Å². The summed E-state index contributed by atoms with van der Waals surface area (Å²) in [5.41, 5.74) is 6.37. The highest BCUT2D eigenvalue weighted by Crippen LogP contribution is 2.28. The lowest BCUT2D eigenvalue weighted by atomic mass is 10.0. The Balaban J connectivity index is 2.24. The van der Waals surface area contributed by atoms with Gasteiger partial charge in [0.05, 0.1) is 17.5 Å². The third kappa shape index (κ3) is 3.12. The highest BCUT2D eigenvalue weighted by atomic mass is 32.2. The molecule has 0 spiro atoms. The fraction of sp³-hybridized carbons (Fsp3) is 0.538. The Morgan fingerprint density at radius 2 is 2.10 bits per heavy atom. The van der Waals surface area contributed by atoms with E-state index in [0.29, 0.717) is 24.2 Å². The van der Waals surface area contributed by atoms with Crippen molar-refractivity contribution in [3.05, 3.63) is 29.8 Å². The Morgan fingerprint density at radius 1 is 1.35 bits per heavy atom. The van der Waals surface area contributed by atoms with E-state index in [-0.39, 0.29) is 18.7 Å². The molecule has 1 saturated heterocycles. The molecular weight excluding hydrogens is 280 g/mol. The predicted octanol–water partition coefficient (Wildman–Crippen LogP) is -0.0304. The summed E-state index contributed by atoms with van der Waals surface area (Å²) in [5.74, 6) is 0.148. The number of nitrogens with zero attached hydrogens (tertiary/aromatic N) is 1. The first-order valence-corrected chi connectivity index (χ1v) is 8.23. The molecule has 0 bridgehead atoms. The van der Waals surface area contributed by atoms with E-state index in [1.165, 1.54) is 4.31 Å². The molecule has 2 rings (SSSR count). The summed E-state index contributed by atoms with van der Waals surface area (Å²) in [6.07, 6.45) is -1.13. The lowest BCUT2D eigenvalue weighted by Crippen LogP contribution is -2.26. The molecule has 0 saturated carbocycles. The van der Waals surface area contributed by atoms with Gasteiger partial charge in [0.15, 0.2) is 0 Å². The van der Waals surface area contributed by atoms with Gasteiger partial charge in [-0.3, -0.25) is 4.31 Å². The topological polar surface area (TPSA) is 104 Å². The highest BCUT2D eigenvalue weighted by molar-refractivity contribution is 7.93.